The van der Waals surface area contributed by atoms with Gasteiger partial charge in [0.2, 0.25) is 0 Å². The summed E-state index contributed by atoms with van der Waals surface area (Å²) in [5.74, 6) is -0.292. The first-order chi connectivity index (χ1) is 13.0. The molecule has 3 rings (SSSR count). The van der Waals surface area contributed by atoms with Crippen LogP contribution in [0.3, 0.4) is 0 Å². The molecule has 1 aliphatic rings. The molecule has 1 heterocycles. The van der Waals surface area contributed by atoms with Gasteiger partial charge in [0.25, 0.3) is 0 Å². The van der Waals surface area contributed by atoms with Crippen LogP contribution in [0.1, 0.15) is 64.7 Å². The lowest BCUT2D eigenvalue weighted by Gasteiger charge is -2.18. The van der Waals surface area contributed by atoms with Crippen molar-refractivity contribution in [1.82, 2.24) is 5.32 Å². The molecule has 0 amide bonds. The van der Waals surface area contributed by atoms with E-state index in [0.717, 1.165) is 42.7 Å². The predicted octanol–water partition coefficient (Wildman–Crippen LogP) is 5.02. The molecular weight excluding hydrogens is 376 g/mol. The smallest absolute Gasteiger partial charge is 0.341 e. The van der Waals surface area contributed by atoms with Gasteiger partial charge in [0.05, 0.1) is 18.7 Å². The number of carbonyl (C=O) groups excluding carboxylic acids is 1. The van der Waals surface area contributed by atoms with Crippen LogP contribution in [0.15, 0.2) is 24.3 Å². The molecule has 2 aromatic rings. The fourth-order valence-corrected chi connectivity index (χ4v) is 5.12. The highest BCUT2D eigenvalue weighted by molar-refractivity contribution is 7.80. The monoisotopic (exact) mass is 402 g/mol. The van der Waals surface area contributed by atoms with Gasteiger partial charge in [-0.25, -0.2) is 4.79 Å². The largest absolute Gasteiger partial charge is 0.465 e. The highest BCUT2D eigenvalue weighted by Crippen LogP contribution is 2.39. The van der Waals surface area contributed by atoms with Gasteiger partial charge in [0.1, 0.15) is 5.00 Å². The van der Waals surface area contributed by atoms with E-state index in [1.54, 1.807) is 11.3 Å². The molecule has 6 heteroatoms. The van der Waals surface area contributed by atoms with Crippen molar-refractivity contribution in [2.24, 2.45) is 0 Å². The van der Waals surface area contributed by atoms with Crippen molar-refractivity contribution < 1.29 is 9.53 Å². The van der Waals surface area contributed by atoms with Crippen molar-refractivity contribution in [3.8, 4) is 0 Å². The second-order valence-corrected chi connectivity index (χ2v) is 8.38. The molecule has 1 unspecified atom stereocenters. The molecule has 0 radical (unpaired) electrons. The molecule has 1 aliphatic carbocycles. The summed E-state index contributed by atoms with van der Waals surface area (Å²) in [5, 5.41) is 7.85. The summed E-state index contributed by atoms with van der Waals surface area (Å²) in [6.45, 7) is 4.27. The highest BCUT2D eigenvalue weighted by Gasteiger charge is 2.27. The van der Waals surface area contributed by atoms with Crippen molar-refractivity contribution >= 4 is 39.6 Å². The van der Waals surface area contributed by atoms with Crippen LogP contribution in [0, 0.1) is 0 Å². The number of rotatable bonds is 6. The maximum absolute atomic E-state index is 12.2. The van der Waals surface area contributed by atoms with Crippen molar-refractivity contribution in [1.29, 1.82) is 0 Å². The standard InChI is InChI=1S/C21H26N2O2S2/c1-4-6-14-9-11-15(12-10-14)13(2)22-21(26)23-19-18(20(24)25-3)16-7-5-8-17(16)27-19/h9-13H,4-8H2,1-3H3,(H2,22,23,26). The second-order valence-electron chi connectivity index (χ2n) is 6.86. The Bertz CT molecular complexity index is 827. The first-order valence-corrected chi connectivity index (χ1v) is 10.6. The van der Waals surface area contributed by atoms with E-state index in [1.165, 1.54) is 23.1 Å². The second kappa shape index (κ2) is 8.85. The van der Waals surface area contributed by atoms with Crippen molar-refractivity contribution in [3.05, 3.63) is 51.4 Å². The van der Waals surface area contributed by atoms with Gasteiger partial charge in [-0.2, -0.15) is 0 Å². The Morgan fingerprint density at radius 1 is 1.30 bits per heavy atom. The molecule has 144 valence electrons. The third-order valence-electron chi connectivity index (χ3n) is 4.90. The molecule has 0 saturated carbocycles. The molecule has 0 saturated heterocycles. The highest BCUT2D eigenvalue weighted by atomic mass is 32.1. The minimum absolute atomic E-state index is 0.0778. The maximum atomic E-state index is 12.2. The quantitative estimate of drug-likeness (QED) is 0.525. The number of aryl methyl sites for hydroxylation is 2. The average Bonchev–Trinajstić information content (AvgIpc) is 3.22. The van der Waals surface area contributed by atoms with E-state index < -0.39 is 0 Å². The number of thiophene rings is 1. The predicted molar refractivity (Wildman–Crippen MR) is 116 cm³/mol. The number of methoxy groups -OCH3 is 1. The number of carbonyl (C=O) groups is 1. The van der Waals surface area contributed by atoms with Gasteiger partial charge in [0.15, 0.2) is 5.11 Å². The third kappa shape index (κ3) is 4.50. The zero-order valence-electron chi connectivity index (χ0n) is 16.1. The van der Waals surface area contributed by atoms with Gasteiger partial charge in [-0.15, -0.1) is 11.3 Å². The summed E-state index contributed by atoms with van der Waals surface area (Å²) in [6, 6.07) is 8.71. The van der Waals surface area contributed by atoms with Crippen LogP contribution >= 0.6 is 23.6 Å². The fourth-order valence-electron chi connectivity index (χ4n) is 3.49. The van der Waals surface area contributed by atoms with E-state index >= 15 is 0 Å². The van der Waals surface area contributed by atoms with Crippen LogP contribution in [0.25, 0.3) is 0 Å². The number of nitrogens with one attached hydrogen (secondary N) is 2. The normalized spacial score (nSPS) is 13.7. The van der Waals surface area contributed by atoms with E-state index in [2.05, 4.69) is 48.7 Å². The summed E-state index contributed by atoms with van der Waals surface area (Å²) >= 11 is 7.11. The molecular formula is C21H26N2O2S2. The lowest BCUT2D eigenvalue weighted by atomic mass is 10.0. The number of hydrogen-bond donors (Lipinski definition) is 2. The van der Waals surface area contributed by atoms with E-state index in [0.29, 0.717) is 10.7 Å². The van der Waals surface area contributed by atoms with E-state index in [4.69, 9.17) is 17.0 Å². The van der Waals surface area contributed by atoms with Gasteiger partial charge < -0.3 is 15.4 Å². The van der Waals surface area contributed by atoms with Gasteiger partial charge in [-0.05, 0) is 61.5 Å². The summed E-state index contributed by atoms with van der Waals surface area (Å²) < 4.78 is 4.99. The SMILES string of the molecule is CCCc1ccc(C(C)NC(=S)Nc2sc3c(c2C(=O)OC)CCC3)cc1. The van der Waals surface area contributed by atoms with Crippen molar-refractivity contribution in [3.63, 3.8) is 0 Å². The van der Waals surface area contributed by atoms with Crippen molar-refractivity contribution in [2.45, 2.75) is 52.0 Å². The van der Waals surface area contributed by atoms with Crippen LogP contribution in [0.5, 0.6) is 0 Å². The summed E-state index contributed by atoms with van der Waals surface area (Å²) in [4.78, 5) is 13.5. The number of esters is 1. The zero-order valence-corrected chi connectivity index (χ0v) is 17.7. The topological polar surface area (TPSA) is 50.4 Å². The van der Waals surface area contributed by atoms with Crippen molar-refractivity contribution in [2.75, 3.05) is 12.4 Å². The molecule has 0 spiro atoms. The average molecular weight is 403 g/mol. The van der Waals surface area contributed by atoms with Gasteiger partial charge in [-0.3, -0.25) is 0 Å². The van der Waals surface area contributed by atoms with E-state index in [1.807, 2.05) is 0 Å². The first-order valence-electron chi connectivity index (χ1n) is 9.42. The Morgan fingerprint density at radius 2 is 2.04 bits per heavy atom. The van der Waals surface area contributed by atoms with Gasteiger partial charge in [0, 0.05) is 4.88 Å². The minimum Gasteiger partial charge on any atom is -0.465 e. The van der Waals surface area contributed by atoms with Gasteiger partial charge >= 0.3 is 5.97 Å². The molecule has 0 aliphatic heterocycles. The zero-order chi connectivity index (χ0) is 19.4. The lowest BCUT2D eigenvalue weighted by Crippen LogP contribution is -2.31. The van der Waals surface area contributed by atoms with Crippen LogP contribution in [0.2, 0.25) is 0 Å². The number of hydrogen-bond acceptors (Lipinski definition) is 4. The summed E-state index contributed by atoms with van der Waals surface area (Å²) in [5.41, 5.74) is 4.30. The van der Waals surface area contributed by atoms with Crippen LogP contribution in [0.4, 0.5) is 5.00 Å². The number of thiocarbonyl (C=S) groups is 1. The molecule has 1 atom stereocenters. The fraction of sp³-hybridized carbons (Fsp3) is 0.429. The Labute approximate surface area is 170 Å². The van der Waals surface area contributed by atoms with E-state index in [-0.39, 0.29) is 12.0 Å². The molecule has 1 aromatic heterocycles. The maximum Gasteiger partial charge on any atom is 0.341 e. The molecule has 0 fully saturated rings. The van der Waals surface area contributed by atoms with Crippen LogP contribution < -0.4 is 10.6 Å². The molecule has 2 N–H and O–H groups in total. The van der Waals surface area contributed by atoms with E-state index in [9.17, 15) is 4.79 Å². The Hall–Kier alpha value is -1.92. The summed E-state index contributed by atoms with van der Waals surface area (Å²) in [7, 11) is 1.42. The Morgan fingerprint density at radius 3 is 2.70 bits per heavy atom. The molecule has 1 aromatic carbocycles. The Kier molecular flexibility index (Phi) is 6.50. The van der Waals surface area contributed by atoms with Crippen LogP contribution in [-0.2, 0) is 24.0 Å². The summed E-state index contributed by atoms with van der Waals surface area (Å²) in [6.07, 6.45) is 5.29. The third-order valence-corrected chi connectivity index (χ3v) is 6.33. The molecule has 0 bridgehead atoms. The first kappa shape index (κ1) is 19.8. The lowest BCUT2D eigenvalue weighted by molar-refractivity contribution is 0.0601. The number of anilines is 1. The number of benzene rings is 1. The minimum atomic E-state index is -0.292. The van der Waals surface area contributed by atoms with Gasteiger partial charge in [-0.1, -0.05) is 37.6 Å². The number of fused-ring (bicyclic) bond motifs is 1. The molecule has 27 heavy (non-hydrogen) atoms. The number of ether oxygens (including phenoxy) is 1. The molecule has 4 nitrogen and oxygen atoms in total. The van der Waals surface area contributed by atoms with Crippen LogP contribution in [-0.4, -0.2) is 18.2 Å². The Balaban J connectivity index is 1.68.